The van der Waals surface area contributed by atoms with Gasteiger partial charge in [-0.2, -0.15) is 0 Å². The fourth-order valence-electron chi connectivity index (χ4n) is 9.26. The van der Waals surface area contributed by atoms with E-state index in [4.69, 9.17) is 4.98 Å². The number of aromatic nitrogens is 1. The van der Waals surface area contributed by atoms with E-state index >= 15 is 0 Å². The van der Waals surface area contributed by atoms with Gasteiger partial charge in [-0.3, -0.25) is 4.98 Å². The van der Waals surface area contributed by atoms with E-state index in [-0.39, 0.29) is 0 Å². The molecule has 274 valence electrons. The van der Waals surface area contributed by atoms with Crippen molar-refractivity contribution >= 4 is 81.4 Å². The molecule has 2 aromatic heterocycles. The van der Waals surface area contributed by atoms with Crippen LogP contribution in [0.5, 0.6) is 0 Å². The summed E-state index contributed by atoms with van der Waals surface area (Å²) in [6.07, 6.45) is 3.95. The molecule has 1 nitrogen and oxygen atoms in total. The van der Waals surface area contributed by atoms with Gasteiger partial charge in [-0.25, -0.2) is 0 Å². The Labute approximate surface area is 342 Å². The van der Waals surface area contributed by atoms with Gasteiger partial charge in [0.1, 0.15) is 0 Å². The summed E-state index contributed by atoms with van der Waals surface area (Å²) in [6.45, 7) is 8.64. The minimum Gasteiger partial charge on any atom is -0.255 e. The average molecular weight is 758 g/mol. The number of nitrogens with zero attached hydrogens (tertiary/aromatic N) is 1. The molecule has 58 heavy (non-hydrogen) atoms. The van der Waals surface area contributed by atoms with Crippen LogP contribution in [0.4, 0.5) is 0 Å². The molecule has 0 saturated heterocycles. The third-order valence-electron chi connectivity index (χ3n) is 12.0. The Hall–Kier alpha value is -6.87. The second kappa shape index (κ2) is 13.7. The van der Waals surface area contributed by atoms with Gasteiger partial charge in [0.2, 0.25) is 0 Å². The lowest BCUT2D eigenvalue weighted by atomic mass is 9.84. The van der Waals surface area contributed by atoms with Crippen LogP contribution in [0, 0.1) is 0 Å². The van der Waals surface area contributed by atoms with Crippen LogP contribution in [-0.4, -0.2) is 4.98 Å². The standard InChI is InChI=1S/C56H39NS/c1-4-51-52(34(2)3)49-27-28-57-55(56(49)58-51)45-24-21-39-29-40(19-20-41(39)32-45)42-25-26-48-50(33-42)54(44-23-18-36-12-6-8-14-38(36)31-44)47-16-10-9-15-46(47)53(48)43-22-17-35-11-5-7-13-37(35)30-43/h4-34H,1H2,2-3H3. The highest BCUT2D eigenvalue weighted by molar-refractivity contribution is 7.20. The summed E-state index contributed by atoms with van der Waals surface area (Å²) in [5.41, 5.74) is 10.9. The van der Waals surface area contributed by atoms with Gasteiger partial charge in [0.15, 0.2) is 0 Å². The Morgan fingerprint density at radius 1 is 0.448 bits per heavy atom. The van der Waals surface area contributed by atoms with Crippen LogP contribution in [0.15, 0.2) is 183 Å². The summed E-state index contributed by atoms with van der Waals surface area (Å²) in [6, 6.07) is 63.0. The van der Waals surface area contributed by atoms with Crippen LogP contribution < -0.4 is 0 Å². The van der Waals surface area contributed by atoms with Gasteiger partial charge in [0.25, 0.3) is 0 Å². The van der Waals surface area contributed by atoms with Gasteiger partial charge in [-0.05, 0) is 135 Å². The van der Waals surface area contributed by atoms with Gasteiger partial charge < -0.3 is 0 Å². The summed E-state index contributed by atoms with van der Waals surface area (Å²) in [4.78, 5) is 6.15. The maximum Gasteiger partial charge on any atom is 0.0880 e. The zero-order chi connectivity index (χ0) is 38.9. The first-order valence-corrected chi connectivity index (χ1v) is 20.9. The van der Waals surface area contributed by atoms with E-state index in [2.05, 4.69) is 190 Å². The molecule has 0 aliphatic heterocycles. The molecule has 0 aliphatic carbocycles. The summed E-state index contributed by atoms with van der Waals surface area (Å²) >= 11 is 1.80. The first-order valence-electron chi connectivity index (χ1n) is 20.1. The Morgan fingerprint density at radius 2 is 0.914 bits per heavy atom. The minimum absolute atomic E-state index is 0.412. The van der Waals surface area contributed by atoms with E-state index in [1.54, 1.807) is 11.3 Å². The van der Waals surface area contributed by atoms with E-state index in [1.165, 1.54) is 108 Å². The zero-order valence-electron chi connectivity index (χ0n) is 32.5. The average Bonchev–Trinajstić information content (AvgIpc) is 3.67. The fourth-order valence-corrected chi connectivity index (χ4v) is 10.6. The van der Waals surface area contributed by atoms with Crippen molar-refractivity contribution < 1.29 is 0 Å². The van der Waals surface area contributed by atoms with Crippen molar-refractivity contribution in [1.29, 1.82) is 0 Å². The molecule has 0 amide bonds. The summed E-state index contributed by atoms with van der Waals surface area (Å²) in [7, 11) is 0. The number of hydrogen-bond acceptors (Lipinski definition) is 2. The molecule has 0 unspecified atom stereocenters. The summed E-state index contributed by atoms with van der Waals surface area (Å²) in [5, 5.41) is 13.7. The quantitative estimate of drug-likeness (QED) is 0.154. The predicted octanol–water partition coefficient (Wildman–Crippen LogP) is 16.5. The number of fused-ring (bicyclic) bond motifs is 6. The molecule has 0 N–H and O–H groups in total. The third kappa shape index (κ3) is 5.56. The van der Waals surface area contributed by atoms with Crippen LogP contribution in [0.3, 0.4) is 0 Å². The van der Waals surface area contributed by atoms with Crippen molar-refractivity contribution in [3.8, 4) is 44.6 Å². The van der Waals surface area contributed by atoms with Gasteiger partial charge in [0, 0.05) is 22.0 Å². The molecule has 9 aromatic carbocycles. The van der Waals surface area contributed by atoms with Crippen molar-refractivity contribution in [2.45, 2.75) is 19.8 Å². The zero-order valence-corrected chi connectivity index (χ0v) is 33.3. The Morgan fingerprint density at radius 3 is 1.55 bits per heavy atom. The Bertz CT molecular complexity index is 3460. The van der Waals surface area contributed by atoms with E-state index in [0.29, 0.717) is 5.92 Å². The Balaban J connectivity index is 1.10. The molecule has 2 heterocycles. The normalized spacial score (nSPS) is 11.8. The van der Waals surface area contributed by atoms with E-state index in [9.17, 15) is 0 Å². The maximum atomic E-state index is 4.92. The second-order valence-electron chi connectivity index (χ2n) is 15.7. The highest BCUT2D eigenvalue weighted by Crippen LogP contribution is 2.46. The van der Waals surface area contributed by atoms with Crippen molar-refractivity contribution in [3.63, 3.8) is 0 Å². The van der Waals surface area contributed by atoms with Crippen molar-refractivity contribution in [1.82, 2.24) is 4.98 Å². The SMILES string of the molecule is C=Cc1sc2c(-c3ccc4cc(-c5ccc6c(-c7ccc8ccccc8c7)c7ccccc7c(-c7ccc8ccccc8c7)c6c5)ccc4c3)nccc2c1C(C)C. The van der Waals surface area contributed by atoms with Crippen LogP contribution in [0.2, 0.25) is 0 Å². The molecule has 11 aromatic rings. The molecule has 0 spiro atoms. The maximum absolute atomic E-state index is 4.92. The smallest absolute Gasteiger partial charge is 0.0880 e. The predicted molar refractivity (Wildman–Crippen MR) is 253 cm³/mol. The minimum atomic E-state index is 0.412. The van der Waals surface area contributed by atoms with Crippen LogP contribution >= 0.6 is 11.3 Å². The van der Waals surface area contributed by atoms with Crippen molar-refractivity contribution in [3.05, 3.63) is 193 Å². The van der Waals surface area contributed by atoms with E-state index in [1.807, 2.05) is 12.3 Å². The molecule has 0 fully saturated rings. The van der Waals surface area contributed by atoms with Gasteiger partial charge in [-0.1, -0.05) is 160 Å². The van der Waals surface area contributed by atoms with E-state index < -0.39 is 0 Å². The number of rotatable bonds is 6. The lowest BCUT2D eigenvalue weighted by Crippen LogP contribution is -1.92. The lowest BCUT2D eigenvalue weighted by Gasteiger charge is -2.19. The molecule has 0 radical (unpaired) electrons. The van der Waals surface area contributed by atoms with Crippen molar-refractivity contribution in [2.24, 2.45) is 0 Å². The molecular formula is C56H39NS. The number of thiophene rings is 1. The largest absolute Gasteiger partial charge is 0.255 e. The van der Waals surface area contributed by atoms with Gasteiger partial charge >= 0.3 is 0 Å². The van der Waals surface area contributed by atoms with Crippen LogP contribution in [0.25, 0.3) is 115 Å². The highest BCUT2D eigenvalue weighted by atomic mass is 32.1. The van der Waals surface area contributed by atoms with E-state index in [0.717, 1.165) is 11.3 Å². The first kappa shape index (κ1) is 34.4. The van der Waals surface area contributed by atoms with Gasteiger partial charge in [-0.15, -0.1) is 11.3 Å². The number of hydrogen-bond donors (Lipinski definition) is 0. The van der Waals surface area contributed by atoms with Crippen LogP contribution in [-0.2, 0) is 0 Å². The molecule has 0 aliphatic rings. The molecule has 0 bridgehead atoms. The monoisotopic (exact) mass is 757 g/mol. The topological polar surface area (TPSA) is 12.9 Å². The second-order valence-corrected chi connectivity index (χ2v) is 16.8. The van der Waals surface area contributed by atoms with Gasteiger partial charge in [0.05, 0.1) is 10.4 Å². The third-order valence-corrected chi connectivity index (χ3v) is 13.2. The highest BCUT2D eigenvalue weighted by Gasteiger charge is 2.20. The summed E-state index contributed by atoms with van der Waals surface area (Å²) < 4.78 is 1.23. The molecular weight excluding hydrogens is 719 g/mol. The fraction of sp³-hybridized carbons (Fsp3) is 0.0536. The molecule has 0 atom stereocenters. The van der Waals surface area contributed by atoms with Crippen molar-refractivity contribution in [2.75, 3.05) is 0 Å². The molecule has 0 saturated carbocycles. The molecule has 11 rings (SSSR count). The number of pyridine rings is 1. The van der Waals surface area contributed by atoms with Crippen LogP contribution in [0.1, 0.15) is 30.2 Å². The lowest BCUT2D eigenvalue weighted by molar-refractivity contribution is 0.878. The Kier molecular flexibility index (Phi) is 8.10. The number of benzene rings is 9. The first-order chi connectivity index (χ1) is 28.5. The summed E-state index contributed by atoms with van der Waals surface area (Å²) in [5.74, 6) is 0.412. The molecule has 2 heteroatoms.